The van der Waals surface area contributed by atoms with Gasteiger partial charge in [-0.05, 0) is 60.8 Å². The quantitative estimate of drug-likeness (QED) is 0.0479. The number of nitrogens with zero attached hydrogens (tertiary/aromatic N) is 7. The Labute approximate surface area is 460 Å². The number of nitrogen functional groups attached to an aromatic ring is 1. The topological polar surface area (TPSA) is 432 Å². The Morgan fingerprint density at radius 1 is 0.597 bits per heavy atom. The number of aromatic hydroxyl groups is 1. The average molecular weight is 1000 g/mol. The zero-order valence-electron chi connectivity index (χ0n) is 32.3. The van der Waals surface area contributed by atoms with E-state index in [1.165, 1.54) is 6.92 Å². The van der Waals surface area contributed by atoms with Gasteiger partial charge in [0.15, 0.2) is 5.75 Å². The molecule has 0 saturated heterocycles. The predicted octanol–water partition coefficient (Wildman–Crippen LogP) is -13.1. The molecular formula is C26H15FN9Na5O16S5. The number of phenolic OH excluding ortho intramolecular Hbond substituents is 1. The summed E-state index contributed by atoms with van der Waals surface area (Å²) in [5.41, 5.74) is -0.0229. The molecule has 0 bridgehead atoms. The van der Waals surface area contributed by atoms with E-state index in [0.29, 0.717) is 30.3 Å². The molecule has 5 rings (SSSR count). The SMILES string of the molecule is Cc1nc(F)nc(Nc2ccc(S(=O)(=O)[O-])c(N=Nc3c(S(=O)(=O)[O-])cc4cc(S(=O)(=O)[O-])c(N=Nc5cc(S(=O)(=O)[O-])ccc5S(=O)(=O)[O-])c(N)c4c3O)c2)n1.[Na+].[Na+].[Na+].[Na+].[Na+]. The third-order valence-corrected chi connectivity index (χ3v) is 11.4. The number of aryl methyl sites for hydroxylation is 1. The molecule has 0 amide bonds. The number of nitrogens with one attached hydrogen (secondary N) is 1. The van der Waals surface area contributed by atoms with Gasteiger partial charge >= 0.3 is 154 Å². The fraction of sp³-hybridized carbons (Fsp3) is 0.0385. The van der Waals surface area contributed by atoms with Crippen molar-refractivity contribution in [2.75, 3.05) is 11.1 Å². The summed E-state index contributed by atoms with van der Waals surface area (Å²) in [6.45, 7) is 1.29. The summed E-state index contributed by atoms with van der Waals surface area (Å²) in [5.74, 6) is -1.99. The van der Waals surface area contributed by atoms with Crippen molar-refractivity contribution in [3.8, 4) is 5.75 Å². The second-order valence-electron chi connectivity index (χ2n) is 10.9. The van der Waals surface area contributed by atoms with Crippen molar-refractivity contribution in [2.45, 2.75) is 31.4 Å². The number of hydrogen-bond acceptors (Lipinski definition) is 25. The van der Waals surface area contributed by atoms with E-state index in [1.54, 1.807) is 0 Å². The number of fused-ring (bicyclic) bond motifs is 1. The van der Waals surface area contributed by atoms with Gasteiger partial charge in [-0.25, -0.2) is 42.1 Å². The van der Waals surface area contributed by atoms with Gasteiger partial charge in [-0.1, -0.05) is 0 Å². The van der Waals surface area contributed by atoms with E-state index >= 15 is 0 Å². The number of rotatable bonds is 11. The van der Waals surface area contributed by atoms with E-state index in [1.807, 2.05) is 0 Å². The third kappa shape index (κ3) is 14.6. The van der Waals surface area contributed by atoms with E-state index in [2.05, 4.69) is 40.7 Å². The first kappa shape index (κ1) is 61.2. The Bertz CT molecular complexity index is 3190. The number of benzene rings is 4. The Morgan fingerprint density at radius 3 is 1.52 bits per heavy atom. The van der Waals surface area contributed by atoms with E-state index < -0.39 is 132 Å². The molecule has 5 aromatic rings. The summed E-state index contributed by atoms with van der Waals surface area (Å²) in [5, 5.41) is 25.6. The van der Waals surface area contributed by atoms with Gasteiger partial charge in [-0.2, -0.15) is 19.3 Å². The van der Waals surface area contributed by atoms with Crippen molar-refractivity contribution < 1.29 is 222 Å². The number of phenols is 1. The zero-order chi connectivity index (χ0) is 42.6. The van der Waals surface area contributed by atoms with Crippen molar-refractivity contribution in [1.29, 1.82) is 0 Å². The second kappa shape index (κ2) is 22.8. The van der Waals surface area contributed by atoms with Gasteiger partial charge in [-0.15, -0.1) is 20.5 Å². The van der Waals surface area contributed by atoms with Crippen molar-refractivity contribution in [3.05, 3.63) is 60.4 Å². The molecule has 1 aromatic heterocycles. The van der Waals surface area contributed by atoms with Crippen LogP contribution in [0.15, 0.2) is 93.5 Å². The second-order valence-corrected chi connectivity index (χ2v) is 17.7. The number of aromatic nitrogens is 3. The van der Waals surface area contributed by atoms with E-state index in [9.17, 15) is 74.3 Å². The average Bonchev–Trinajstić information content (AvgIpc) is 3.04. The Balaban J connectivity index is 0.00000744. The van der Waals surface area contributed by atoms with Gasteiger partial charge in [-0.3, -0.25) is 0 Å². The molecule has 302 valence electrons. The first-order chi connectivity index (χ1) is 26.1. The molecule has 0 radical (unpaired) electrons. The first-order valence-electron chi connectivity index (χ1n) is 14.2. The van der Waals surface area contributed by atoms with Crippen LogP contribution in [0.1, 0.15) is 5.82 Å². The number of halogens is 1. The van der Waals surface area contributed by atoms with Gasteiger partial charge < -0.3 is 38.9 Å². The van der Waals surface area contributed by atoms with E-state index in [0.717, 1.165) is 12.1 Å². The molecule has 0 atom stereocenters. The van der Waals surface area contributed by atoms with Crippen molar-refractivity contribution in [2.24, 2.45) is 20.5 Å². The monoisotopic (exact) mass is 1000 g/mol. The maximum Gasteiger partial charge on any atom is 1.00 e. The molecule has 1 heterocycles. The fourth-order valence-electron chi connectivity index (χ4n) is 4.76. The zero-order valence-corrected chi connectivity index (χ0v) is 46.4. The minimum Gasteiger partial charge on any atom is -0.744 e. The van der Waals surface area contributed by atoms with Crippen LogP contribution in [0, 0.1) is 13.0 Å². The molecule has 0 aliphatic rings. The summed E-state index contributed by atoms with van der Waals surface area (Å²) in [4.78, 5) is 3.91. The van der Waals surface area contributed by atoms with Crippen molar-refractivity contribution in [3.63, 3.8) is 0 Å². The predicted molar refractivity (Wildman–Crippen MR) is 179 cm³/mol. The van der Waals surface area contributed by atoms with E-state index in [-0.39, 0.29) is 165 Å². The molecule has 0 aliphatic heterocycles. The molecule has 4 N–H and O–H groups in total. The molecule has 0 saturated carbocycles. The van der Waals surface area contributed by atoms with Crippen LogP contribution in [0.2, 0.25) is 0 Å². The Kier molecular flexibility index (Phi) is 22.5. The largest absolute Gasteiger partial charge is 1.00 e. The normalized spacial score (nSPS) is 12.1. The summed E-state index contributed by atoms with van der Waals surface area (Å²) >= 11 is 0. The number of anilines is 3. The first-order valence-corrected chi connectivity index (χ1v) is 21.3. The van der Waals surface area contributed by atoms with Crippen LogP contribution in [0.5, 0.6) is 5.75 Å². The van der Waals surface area contributed by atoms with Crippen LogP contribution in [-0.4, -0.2) is 84.9 Å². The maximum atomic E-state index is 13.7. The molecule has 25 nitrogen and oxygen atoms in total. The summed E-state index contributed by atoms with van der Waals surface area (Å²) in [6, 6.07) is 4.05. The minimum atomic E-state index is -5.79. The molecular weight excluding hydrogens is 989 g/mol. The van der Waals surface area contributed by atoms with Gasteiger partial charge in [0.05, 0.1) is 35.6 Å². The van der Waals surface area contributed by atoms with Crippen LogP contribution in [0.25, 0.3) is 10.8 Å². The van der Waals surface area contributed by atoms with Gasteiger partial charge in [0.2, 0.25) is 5.95 Å². The van der Waals surface area contributed by atoms with Crippen molar-refractivity contribution in [1.82, 2.24) is 15.0 Å². The molecule has 36 heteroatoms. The molecule has 62 heavy (non-hydrogen) atoms. The molecule has 0 spiro atoms. The summed E-state index contributed by atoms with van der Waals surface area (Å²) < 4.78 is 194. The molecule has 0 aliphatic carbocycles. The molecule has 0 fully saturated rings. The molecule has 4 aromatic carbocycles. The Morgan fingerprint density at radius 2 is 1.05 bits per heavy atom. The van der Waals surface area contributed by atoms with Crippen LogP contribution < -0.4 is 159 Å². The standard InChI is InChI=1S/C26H20FN9O16S5.5Na/c1-10-29-25(27)32-26(30-10)31-12-2-4-16(54(41,42)43)14(8-12)33-36-23-19(57(50,51)52)7-11-6-18(56(47,48)49)22(21(28)20(11)24(23)37)35-34-15-9-13(53(38,39)40)3-5-17(15)55(44,45)46;;;;;/h2-9,37H,28H2,1H3,(H,38,39,40)(H,41,42,43)(H,44,45,46)(H,47,48,49)(H,50,51,52)(H,29,30,31,32);;;;;/q;5*+1/p-5. The maximum absolute atomic E-state index is 13.7. The number of nitrogens with two attached hydrogens (primary N) is 1. The van der Waals surface area contributed by atoms with Crippen LogP contribution in [0.4, 0.5) is 44.5 Å². The molecule has 0 unspecified atom stereocenters. The van der Waals surface area contributed by atoms with Gasteiger partial charge in [0.1, 0.15) is 79.2 Å². The summed E-state index contributed by atoms with van der Waals surface area (Å²) in [7, 11) is -27.9. The number of hydrogen-bond donors (Lipinski definition) is 3. The number of azo groups is 2. The smallest absolute Gasteiger partial charge is 0.744 e. The van der Waals surface area contributed by atoms with Gasteiger partial charge in [0, 0.05) is 5.69 Å². The van der Waals surface area contributed by atoms with Crippen LogP contribution in [0.3, 0.4) is 0 Å². The fourth-order valence-corrected chi connectivity index (χ4v) is 7.74. The van der Waals surface area contributed by atoms with Gasteiger partial charge in [0.25, 0.3) is 0 Å². The van der Waals surface area contributed by atoms with Crippen LogP contribution >= 0.6 is 0 Å². The van der Waals surface area contributed by atoms with E-state index in [4.69, 9.17) is 5.73 Å². The Hall–Kier alpha value is -0.770. The summed E-state index contributed by atoms with van der Waals surface area (Å²) in [6.07, 6.45) is -1.23. The van der Waals surface area contributed by atoms with Crippen LogP contribution in [-0.2, 0) is 50.6 Å². The third-order valence-electron chi connectivity index (χ3n) is 7.06. The van der Waals surface area contributed by atoms with Crippen molar-refractivity contribution >= 4 is 101 Å². The minimum absolute atomic E-state index is 0.